The van der Waals surface area contributed by atoms with Crippen LogP contribution in [0.4, 0.5) is 13.2 Å². The molecule has 0 amide bonds. The molecular formula is C18H23F3O4. The van der Waals surface area contributed by atoms with E-state index in [0.717, 1.165) is 12.1 Å². The summed E-state index contributed by atoms with van der Waals surface area (Å²) in [5.41, 5.74) is -0.150. The number of carbonyl (C=O) groups excluding carboxylic acids is 2. The first kappa shape index (κ1) is 21.0. The Labute approximate surface area is 145 Å². The Morgan fingerprint density at radius 3 is 1.76 bits per heavy atom. The van der Waals surface area contributed by atoms with Gasteiger partial charge in [-0.05, 0) is 43.4 Å². The van der Waals surface area contributed by atoms with Crippen molar-refractivity contribution in [2.24, 2.45) is 11.8 Å². The maximum absolute atomic E-state index is 12.7. The van der Waals surface area contributed by atoms with Crippen molar-refractivity contribution in [1.82, 2.24) is 0 Å². The van der Waals surface area contributed by atoms with Crippen molar-refractivity contribution < 1.29 is 32.2 Å². The van der Waals surface area contributed by atoms with Crippen molar-refractivity contribution in [3.05, 3.63) is 35.4 Å². The van der Waals surface area contributed by atoms with Crippen LogP contribution in [0.3, 0.4) is 0 Å². The van der Waals surface area contributed by atoms with Gasteiger partial charge in [0, 0.05) is 0 Å². The Morgan fingerprint density at radius 2 is 1.40 bits per heavy atom. The van der Waals surface area contributed by atoms with Crippen LogP contribution < -0.4 is 0 Å². The number of rotatable bonds is 7. The molecule has 140 valence electrons. The van der Waals surface area contributed by atoms with Crippen LogP contribution in [0.15, 0.2) is 24.3 Å². The van der Waals surface area contributed by atoms with E-state index in [0.29, 0.717) is 5.56 Å². The fourth-order valence-electron chi connectivity index (χ4n) is 2.56. The van der Waals surface area contributed by atoms with Crippen molar-refractivity contribution in [1.29, 1.82) is 0 Å². The molecule has 0 N–H and O–H groups in total. The van der Waals surface area contributed by atoms with Gasteiger partial charge < -0.3 is 9.47 Å². The number of carbonyl (C=O) groups is 2. The molecule has 0 saturated heterocycles. The molecule has 0 aliphatic heterocycles. The zero-order valence-electron chi connectivity index (χ0n) is 14.7. The van der Waals surface area contributed by atoms with E-state index in [1.54, 1.807) is 27.7 Å². The topological polar surface area (TPSA) is 52.6 Å². The maximum atomic E-state index is 12.7. The minimum absolute atomic E-state index is 0.121. The summed E-state index contributed by atoms with van der Waals surface area (Å²) in [7, 11) is 0. The van der Waals surface area contributed by atoms with E-state index in [4.69, 9.17) is 9.47 Å². The second-order valence-corrected chi connectivity index (χ2v) is 5.75. The van der Waals surface area contributed by atoms with Gasteiger partial charge in [0.1, 0.15) is 0 Å². The third-order valence-corrected chi connectivity index (χ3v) is 4.16. The number of hydrogen-bond acceptors (Lipinski definition) is 4. The molecule has 0 spiro atoms. The third-order valence-electron chi connectivity index (χ3n) is 4.16. The summed E-state index contributed by atoms with van der Waals surface area (Å²) in [6.45, 7) is 6.93. The molecule has 25 heavy (non-hydrogen) atoms. The summed E-state index contributed by atoms with van der Waals surface area (Å²) < 4.78 is 47.9. The minimum Gasteiger partial charge on any atom is -0.465 e. The number of ether oxygens (including phenoxy) is 2. The van der Waals surface area contributed by atoms with Gasteiger partial charge in [-0.1, -0.05) is 26.0 Å². The van der Waals surface area contributed by atoms with E-state index in [-0.39, 0.29) is 19.1 Å². The highest BCUT2D eigenvalue weighted by molar-refractivity contribution is 5.95. The van der Waals surface area contributed by atoms with Gasteiger partial charge in [-0.15, -0.1) is 0 Å². The van der Waals surface area contributed by atoms with E-state index >= 15 is 0 Å². The van der Waals surface area contributed by atoms with Crippen LogP contribution in [-0.2, 0) is 25.2 Å². The smallest absolute Gasteiger partial charge is 0.416 e. The second kappa shape index (κ2) is 8.87. The van der Waals surface area contributed by atoms with Crippen molar-refractivity contribution in [3.8, 4) is 0 Å². The highest BCUT2D eigenvalue weighted by Crippen LogP contribution is 2.34. The predicted octanol–water partition coefficient (Wildman–Crippen LogP) is 4.19. The lowest BCUT2D eigenvalue weighted by Gasteiger charge is -2.26. The first-order valence-electron chi connectivity index (χ1n) is 8.13. The summed E-state index contributed by atoms with van der Waals surface area (Å²) in [4.78, 5) is 24.3. The van der Waals surface area contributed by atoms with E-state index in [2.05, 4.69) is 0 Å². The van der Waals surface area contributed by atoms with Gasteiger partial charge in [-0.3, -0.25) is 9.59 Å². The van der Waals surface area contributed by atoms with Crippen molar-refractivity contribution in [3.63, 3.8) is 0 Å². The normalized spacial score (nSPS) is 14.1. The summed E-state index contributed by atoms with van der Waals surface area (Å²) in [5.74, 6) is -3.35. The highest BCUT2D eigenvalue weighted by atomic mass is 19.4. The molecule has 0 bridgehead atoms. The lowest BCUT2D eigenvalue weighted by Crippen LogP contribution is -2.35. The van der Waals surface area contributed by atoms with Crippen LogP contribution in [0.1, 0.15) is 44.7 Å². The van der Waals surface area contributed by atoms with Gasteiger partial charge in [0.25, 0.3) is 0 Å². The van der Waals surface area contributed by atoms with Gasteiger partial charge in [-0.2, -0.15) is 13.2 Å². The monoisotopic (exact) mass is 360 g/mol. The Hall–Kier alpha value is -2.05. The fourth-order valence-corrected chi connectivity index (χ4v) is 2.56. The average Bonchev–Trinajstić information content (AvgIpc) is 2.54. The third kappa shape index (κ3) is 5.47. The Bertz CT molecular complexity index is 563. The number of benzene rings is 1. The van der Waals surface area contributed by atoms with Crippen LogP contribution in [0.2, 0.25) is 0 Å². The number of hydrogen-bond donors (Lipinski definition) is 0. The van der Waals surface area contributed by atoms with Gasteiger partial charge >= 0.3 is 18.1 Å². The van der Waals surface area contributed by atoms with Crippen molar-refractivity contribution >= 4 is 11.9 Å². The first-order chi connectivity index (χ1) is 11.6. The van der Waals surface area contributed by atoms with Crippen LogP contribution in [0.5, 0.6) is 0 Å². The van der Waals surface area contributed by atoms with Crippen molar-refractivity contribution in [2.45, 2.75) is 39.8 Å². The number of alkyl halides is 3. The predicted molar refractivity (Wildman–Crippen MR) is 85.8 cm³/mol. The highest BCUT2D eigenvalue weighted by Gasteiger charge is 2.38. The minimum atomic E-state index is -4.41. The number of esters is 2. The van der Waals surface area contributed by atoms with E-state index in [9.17, 15) is 22.8 Å². The fraction of sp³-hybridized carbons (Fsp3) is 0.556. The molecule has 0 radical (unpaired) electrons. The molecule has 2 atom stereocenters. The largest absolute Gasteiger partial charge is 0.465 e. The molecule has 0 aliphatic carbocycles. The van der Waals surface area contributed by atoms with E-state index in [1.807, 2.05) is 0 Å². The summed E-state index contributed by atoms with van der Waals surface area (Å²) >= 11 is 0. The maximum Gasteiger partial charge on any atom is 0.416 e. The molecule has 1 rings (SSSR count). The molecular weight excluding hydrogens is 337 g/mol. The molecule has 0 saturated carbocycles. The Kier molecular flexibility index (Phi) is 7.45. The lowest BCUT2D eigenvalue weighted by atomic mass is 9.80. The molecule has 0 heterocycles. The molecule has 0 aromatic heterocycles. The number of halogens is 3. The first-order valence-corrected chi connectivity index (χ1v) is 8.13. The summed E-state index contributed by atoms with van der Waals surface area (Å²) in [5, 5.41) is 0. The molecule has 7 heteroatoms. The van der Waals surface area contributed by atoms with Crippen LogP contribution in [0.25, 0.3) is 0 Å². The van der Waals surface area contributed by atoms with Gasteiger partial charge in [0.15, 0.2) is 5.92 Å². The quantitative estimate of drug-likeness (QED) is 0.540. The standard InChI is InChI=1S/C18H23F3O4/c1-5-24-16(22)15(17(23)25-6-2)12(4)11(3)13-7-9-14(10-8-13)18(19,20)21/h7-12,15H,5-6H2,1-4H3/t11-,12+/m0/s1. The van der Waals surface area contributed by atoms with E-state index in [1.165, 1.54) is 12.1 Å². The van der Waals surface area contributed by atoms with Gasteiger partial charge in [0.05, 0.1) is 18.8 Å². The van der Waals surface area contributed by atoms with Gasteiger partial charge in [-0.25, -0.2) is 0 Å². The molecule has 0 aliphatic rings. The average molecular weight is 360 g/mol. The van der Waals surface area contributed by atoms with Crippen molar-refractivity contribution in [2.75, 3.05) is 13.2 Å². The Balaban J connectivity index is 3.04. The van der Waals surface area contributed by atoms with Crippen LogP contribution in [-0.4, -0.2) is 25.2 Å². The molecule has 1 aromatic rings. The second-order valence-electron chi connectivity index (χ2n) is 5.75. The van der Waals surface area contributed by atoms with Crippen LogP contribution in [0, 0.1) is 11.8 Å². The Morgan fingerprint density at radius 1 is 0.960 bits per heavy atom. The lowest BCUT2D eigenvalue weighted by molar-refractivity contribution is -0.164. The summed E-state index contributed by atoms with van der Waals surface area (Å²) in [6, 6.07) is 4.69. The van der Waals surface area contributed by atoms with Crippen LogP contribution >= 0.6 is 0 Å². The zero-order chi connectivity index (χ0) is 19.2. The summed E-state index contributed by atoms with van der Waals surface area (Å²) in [6.07, 6.45) is -4.41. The molecule has 0 unspecified atom stereocenters. The van der Waals surface area contributed by atoms with Gasteiger partial charge in [0.2, 0.25) is 0 Å². The SMILES string of the molecule is CCOC(=O)C(C(=O)OCC)[C@H](C)[C@H](C)c1ccc(C(F)(F)F)cc1. The van der Waals surface area contributed by atoms with E-state index < -0.39 is 35.5 Å². The molecule has 4 nitrogen and oxygen atoms in total. The molecule has 1 aromatic carbocycles. The zero-order valence-corrected chi connectivity index (χ0v) is 14.7. The molecule has 0 fully saturated rings.